The lowest BCUT2D eigenvalue weighted by molar-refractivity contribution is 0.269. The van der Waals surface area contributed by atoms with Gasteiger partial charge in [-0.15, -0.1) is 0 Å². The van der Waals surface area contributed by atoms with Crippen LogP contribution >= 0.6 is 11.6 Å². The van der Waals surface area contributed by atoms with Crippen LogP contribution in [0, 0.1) is 0 Å². The monoisotopic (exact) mass is 198 g/mol. The summed E-state index contributed by atoms with van der Waals surface area (Å²) in [5.41, 5.74) is 13.0. The Labute approximate surface area is 81.6 Å². The molecule has 0 aromatic heterocycles. The van der Waals surface area contributed by atoms with Crippen molar-refractivity contribution in [3.8, 4) is 5.75 Å². The summed E-state index contributed by atoms with van der Waals surface area (Å²) in [6.45, 7) is 0.608. The topological polar surface area (TPSA) is 61.3 Å². The van der Waals surface area contributed by atoms with Gasteiger partial charge in [-0.3, -0.25) is 0 Å². The van der Waals surface area contributed by atoms with E-state index in [4.69, 9.17) is 27.8 Å². The first kappa shape index (κ1) is 8.66. The van der Waals surface area contributed by atoms with Gasteiger partial charge in [0.15, 0.2) is 0 Å². The first-order chi connectivity index (χ1) is 6.20. The standard InChI is InChI=1S/C9H11ClN2O/c10-8-7(12)2-1-5-6(11)3-4-13-9(5)8/h1-2,6H,3-4,11-12H2/t6-/m1/s1. The molecule has 1 aromatic carbocycles. The predicted molar refractivity (Wildman–Crippen MR) is 52.9 cm³/mol. The summed E-state index contributed by atoms with van der Waals surface area (Å²) in [7, 11) is 0. The van der Waals surface area contributed by atoms with E-state index in [0.717, 1.165) is 12.0 Å². The molecular weight excluding hydrogens is 188 g/mol. The van der Waals surface area contributed by atoms with E-state index in [1.807, 2.05) is 6.07 Å². The molecule has 1 aliphatic heterocycles. The molecule has 4 heteroatoms. The summed E-state index contributed by atoms with van der Waals surface area (Å²) >= 11 is 5.97. The van der Waals surface area contributed by atoms with Gasteiger partial charge in [0.25, 0.3) is 0 Å². The molecule has 1 aliphatic rings. The number of fused-ring (bicyclic) bond motifs is 1. The molecular formula is C9H11ClN2O. The molecule has 0 spiro atoms. The van der Waals surface area contributed by atoms with Crippen LogP contribution in [0.15, 0.2) is 12.1 Å². The van der Waals surface area contributed by atoms with E-state index in [1.54, 1.807) is 6.07 Å². The Hall–Kier alpha value is -0.930. The quantitative estimate of drug-likeness (QED) is 0.624. The summed E-state index contributed by atoms with van der Waals surface area (Å²) in [4.78, 5) is 0. The second-order valence-electron chi connectivity index (χ2n) is 3.13. The van der Waals surface area contributed by atoms with E-state index in [9.17, 15) is 0 Å². The van der Waals surface area contributed by atoms with Crippen molar-refractivity contribution < 1.29 is 4.74 Å². The van der Waals surface area contributed by atoms with E-state index in [-0.39, 0.29) is 6.04 Å². The fourth-order valence-electron chi connectivity index (χ4n) is 1.47. The normalized spacial score (nSPS) is 20.6. The molecule has 1 heterocycles. The van der Waals surface area contributed by atoms with Crippen LogP contribution in [0.4, 0.5) is 5.69 Å². The zero-order valence-electron chi connectivity index (χ0n) is 7.09. The summed E-state index contributed by atoms with van der Waals surface area (Å²) in [6, 6.07) is 3.65. The van der Waals surface area contributed by atoms with E-state index in [0.29, 0.717) is 23.1 Å². The SMILES string of the molecule is Nc1ccc2c(c1Cl)OCC[C@H]2N. The predicted octanol–water partition coefficient (Wildman–Crippen LogP) is 1.70. The van der Waals surface area contributed by atoms with Crippen LogP contribution in [0.2, 0.25) is 5.02 Å². The van der Waals surface area contributed by atoms with Gasteiger partial charge >= 0.3 is 0 Å². The van der Waals surface area contributed by atoms with Crippen LogP contribution in [0.3, 0.4) is 0 Å². The van der Waals surface area contributed by atoms with E-state index >= 15 is 0 Å². The second kappa shape index (κ2) is 3.09. The molecule has 0 amide bonds. The van der Waals surface area contributed by atoms with Crippen LogP contribution in [0.25, 0.3) is 0 Å². The zero-order valence-corrected chi connectivity index (χ0v) is 7.84. The molecule has 0 saturated carbocycles. The van der Waals surface area contributed by atoms with Gasteiger partial charge < -0.3 is 16.2 Å². The number of halogens is 1. The fourth-order valence-corrected chi connectivity index (χ4v) is 1.70. The van der Waals surface area contributed by atoms with E-state index in [1.165, 1.54) is 0 Å². The molecule has 0 radical (unpaired) electrons. The van der Waals surface area contributed by atoms with Crippen molar-refractivity contribution in [2.75, 3.05) is 12.3 Å². The van der Waals surface area contributed by atoms with Crippen LogP contribution in [-0.4, -0.2) is 6.61 Å². The molecule has 1 aromatic rings. The number of hydrogen-bond acceptors (Lipinski definition) is 3. The van der Waals surface area contributed by atoms with E-state index < -0.39 is 0 Å². The molecule has 13 heavy (non-hydrogen) atoms. The third-order valence-electron chi connectivity index (χ3n) is 2.23. The second-order valence-corrected chi connectivity index (χ2v) is 3.51. The molecule has 3 nitrogen and oxygen atoms in total. The molecule has 0 unspecified atom stereocenters. The van der Waals surface area contributed by atoms with Crippen molar-refractivity contribution in [1.82, 2.24) is 0 Å². The van der Waals surface area contributed by atoms with Crippen molar-refractivity contribution >= 4 is 17.3 Å². The fraction of sp³-hybridized carbons (Fsp3) is 0.333. The lowest BCUT2D eigenvalue weighted by Crippen LogP contribution is -2.20. The molecule has 70 valence electrons. The molecule has 2 rings (SSSR count). The first-order valence-electron chi connectivity index (χ1n) is 4.16. The van der Waals surface area contributed by atoms with Gasteiger partial charge in [-0.2, -0.15) is 0 Å². The first-order valence-corrected chi connectivity index (χ1v) is 4.54. The largest absolute Gasteiger partial charge is 0.492 e. The number of nitrogens with two attached hydrogens (primary N) is 2. The minimum Gasteiger partial charge on any atom is -0.492 e. The summed E-state index contributed by atoms with van der Waals surface area (Å²) in [6.07, 6.45) is 0.827. The van der Waals surface area contributed by atoms with Crippen molar-refractivity contribution in [2.45, 2.75) is 12.5 Å². The molecule has 0 fully saturated rings. The third-order valence-corrected chi connectivity index (χ3v) is 2.62. The molecule has 4 N–H and O–H groups in total. The molecule has 0 saturated heterocycles. The minimum atomic E-state index is 0.0156. The maximum atomic E-state index is 5.97. The molecule has 0 bridgehead atoms. The number of benzene rings is 1. The van der Waals surface area contributed by atoms with Gasteiger partial charge in [0, 0.05) is 18.0 Å². The number of rotatable bonds is 0. The van der Waals surface area contributed by atoms with E-state index in [2.05, 4.69) is 0 Å². The Balaban J connectivity index is 2.56. The summed E-state index contributed by atoms with van der Waals surface area (Å²) in [5, 5.41) is 0.479. The zero-order chi connectivity index (χ0) is 9.42. The maximum absolute atomic E-state index is 5.97. The average Bonchev–Trinajstić information content (AvgIpc) is 2.12. The molecule has 1 atom stereocenters. The Kier molecular flexibility index (Phi) is 2.06. The summed E-state index contributed by atoms with van der Waals surface area (Å²) in [5.74, 6) is 0.653. The van der Waals surface area contributed by atoms with Crippen molar-refractivity contribution in [1.29, 1.82) is 0 Å². The van der Waals surface area contributed by atoms with Gasteiger partial charge in [-0.05, 0) is 6.07 Å². The maximum Gasteiger partial charge on any atom is 0.144 e. The Morgan fingerprint density at radius 2 is 2.23 bits per heavy atom. The van der Waals surface area contributed by atoms with Gasteiger partial charge in [-0.1, -0.05) is 17.7 Å². The van der Waals surface area contributed by atoms with Crippen LogP contribution in [0.1, 0.15) is 18.0 Å². The van der Waals surface area contributed by atoms with Crippen LogP contribution in [0.5, 0.6) is 5.75 Å². The molecule has 0 aliphatic carbocycles. The number of nitrogen functional groups attached to an aromatic ring is 1. The van der Waals surface area contributed by atoms with Crippen molar-refractivity contribution in [2.24, 2.45) is 5.73 Å². The average molecular weight is 199 g/mol. The smallest absolute Gasteiger partial charge is 0.144 e. The minimum absolute atomic E-state index is 0.0156. The van der Waals surface area contributed by atoms with Crippen LogP contribution in [-0.2, 0) is 0 Å². The lowest BCUT2D eigenvalue weighted by Gasteiger charge is -2.24. The van der Waals surface area contributed by atoms with Gasteiger partial charge in [0.2, 0.25) is 0 Å². The highest BCUT2D eigenvalue weighted by molar-refractivity contribution is 6.34. The lowest BCUT2D eigenvalue weighted by atomic mass is 10.0. The Bertz CT molecular complexity index is 341. The Morgan fingerprint density at radius 1 is 1.46 bits per heavy atom. The third kappa shape index (κ3) is 1.34. The highest BCUT2D eigenvalue weighted by atomic mass is 35.5. The highest BCUT2D eigenvalue weighted by Crippen LogP contribution is 2.39. The Morgan fingerprint density at radius 3 is 3.00 bits per heavy atom. The van der Waals surface area contributed by atoms with Gasteiger partial charge in [0.05, 0.1) is 12.3 Å². The number of anilines is 1. The number of hydrogen-bond donors (Lipinski definition) is 2. The number of ether oxygens (including phenoxy) is 1. The highest BCUT2D eigenvalue weighted by Gasteiger charge is 2.21. The van der Waals surface area contributed by atoms with Crippen molar-refractivity contribution in [3.05, 3.63) is 22.7 Å². The summed E-state index contributed by atoms with van der Waals surface area (Å²) < 4.78 is 5.41. The van der Waals surface area contributed by atoms with Gasteiger partial charge in [-0.25, -0.2) is 0 Å². The van der Waals surface area contributed by atoms with Crippen LogP contribution < -0.4 is 16.2 Å². The van der Waals surface area contributed by atoms with Gasteiger partial charge in [0.1, 0.15) is 10.8 Å². The van der Waals surface area contributed by atoms with Crippen molar-refractivity contribution in [3.63, 3.8) is 0 Å².